The molecule has 0 N–H and O–H groups in total. The molecule has 0 atom stereocenters. The molecule has 0 aromatic heterocycles. The van der Waals surface area contributed by atoms with Crippen molar-refractivity contribution in [2.24, 2.45) is 11.8 Å². The number of alkyl halides is 1. The molecule has 0 aromatic rings. The van der Waals surface area contributed by atoms with E-state index in [-0.39, 0.29) is 0 Å². The van der Waals surface area contributed by atoms with Gasteiger partial charge in [-0.25, -0.2) is 0 Å². The molecular formula is C9H15IO. The normalized spacial score (nSPS) is 31.8. The van der Waals surface area contributed by atoms with Gasteiger partial charge in [-0.1, -0.05) is 42.4 Å². The van der Waals surface area contributed by atoms with Crippen LogP contribution in [0.4, 0.5) is 0 Å². The van der Waals surface area contributed by atoms with Crippen molar-refractivity contribution < 1.29 is 4.79 Å². The third-order valence-corrected chi connectivity index (χ3v) is 3.35. The molecule has 0 aliphatic heterocycles. The zero-order valence-electron chi connectivity index (χ0n) is 6.98. The molecule has 0 heterocycles. The Morgan fingerprint density at radius 1 is 1.36 bits per heavy atom. The van der Waals surface area contributed by atoms with Crippen LogP contribution in [0.15, 0.2) is 0 Å². The molecule has 0 spiro atoms. The Bertz CT molecular complexity index is 136. The van der Waals surface area contributed by atoms with E-state index >= 15 is 0 Å². The molecule has 2 heteroatoms. The van der Waals surface area contributed by atoms with E-state index in [0.717, 1.165) is 18.8 Å². The first-order chi connectivity index (χ1) is 5.24. The zero-order chi connectivity index (χ0) is 8.27. The quantitative estimate of drug-likeness (QED) is 0.555. The predicted octanol–water partition coefficient (Wildman–Crippen LogP) is 2.82. The molecule has 1 rings (SSSR count). The van der Waals surface area contributed by atoms with Gasteiger partial charge in [0, 0.05) is 5.92 Å². The Morgan fingerprint density at radius 3 is 2.36 bits per heavy atom. The second-order valence-electron chi connectivity index (χ2n) is 3.56. The summed E-state index contributed by atoms with van der Waals surface area (Å²) < 4.78 is 0.705. The fourth-order valence-electron chi connectivity index (χ4n) is 1.69. The molecule has 64 valence electrons. The zero-order valence-corrected chi connectivity index (χ0v) is 9.13. The van der Waals surface area contributed by atoms with Crippen molar-refractivity contribution in [3.05, 3.63) is 0 Å². The van der Waals surface area contributed by atoms with E-state index in [9.17, 15) is 4.79 Å². The Hall–Kier alpha value is 0.400. The SMILES string of the molecule is CC1CCC(C(=O)CI)CC1. The molecular weight excluding hydrogens is 251 g/mol. The van der Waals surface area contributed by atoms with Crippen LogP contribution in [-0.4, -0.2) is 10.2 Å². The minimum atomic E-state index is 0.406. The summed E-state index contributed by atoms with van der Waals surface area (Å²) in [7, 11) is 0. The van der Waals surface area contributed by atoms with Crippen molar-refractivity contribution in [1.29, 1.82) is 0 Å². The Balaban J connectivity index is 2.33. The third kappa shape index (κ3) is 2.73. The number of ketones is 1. The van der Waals surface area contributed by atoms with Crippen LogP contribution in [-0.2, 0) is 4.79 Å². The standard InChI is InChI=1S/C9H15IO/c1-7-2-4-8(5-3-7)9(11)6-10/h7-8H,2-6H2,1H3. The highest BCUT2D eigenvalue weighted by Gasteiger charge is 2.22. The van der Waals surface area contributed by atoms with Gasteiger partial charge in [0.1, 0.15) is 5.78 Å². The van der Waals surface area contributed by atoms with E-state index in [1.165, 1.54) is 12.8 Å². The summed E-state index contributed by atoms with van der Waals surface area (Å²) in [4.78, 5) is 11.3. The fraction of sp³-hybridized carbons (Fsp3) is 0.889. The summed E-state index contributed by atoms with van der Waals surface area (Å²) in [5.41, 5.74) is 0. The van der Waals surface area contributed by atoms with Crippen LogP contribution in [0.3, 0.4) is 0 Å². The van der Waals surface area contributed by atoms with Crippen molar-refractivity contribution >= 4 is 28.4 Å². The molecule has 0 bridgehead atoms. The summed E-state index contributed by atoms with van der Waals surface area (Å²) in [5.74, 6) is 1.73. The second kappa shape index (κ2) is 4.43. The van der Waals surface area contributed by atoms with Gasteiger partial charge in [0.05, 0.1) is 4.43 Å². The van der Waals surface area contributed by atoms with Gasteiger partial charge in [0.2, 0.25) is 0 Å². The highest BCUT2D eigenvalue weighted by molar-refractivity contribution is 14.1. The number of halogens is 1. The maximum absolute atomic E-state index is 11.3. The van der Waals surface area contributed by atoms with Crippen LogP contribution in [0.25, 0.3) is 0 Å². The van der Waals surface area contributed by atoms with Gasteiger partial charge in [0.15, 0.2) is 0 Å². The van der Waals surface area contributed by atoms with E-state index in [0.29, 0.717) is 16.1 Å². The average Bonchev–Trinajstić information content (AvgIpc) is 2.05. The number of hydrogen-bond acceptors (Lipinski definition) is 1. The Labute approximate surface area is 82.1 Å². The lowest BCUT2D eigenvalue weighted by molar-refractivity contribution is -0.121. The van der Waals surface area contributed by atoms with Gasteiger partial charge in [-0.15, -0.1) is 0 Å². The van der Waals surface area contributed by atoms with E-state index in [4.69, 9.17) is 0 Å². The Kier molecular flexibility index (Phi) is 3.82. The summed E-state index contributed by atoms with van der Waals surface area (Å²) in [5, 5.41) is 0. The van der Waals surface area contributed by atoms with Crippen molar-refractivity contribution in [1.82, 2.24) is 0 Å². The molecule has 1 aliphatic carbocycles. The van der Waals surface area contributed by atoms with Crippen LogP contribution in [0.5, 0.6) is 0 Å². The molecule has 1 nitrogen and oxygen atoms in total. The molecule has 1 fully saturated rings. The first kappa shape index (κ1) is 9.49. The third-order valence-electron chi connectivity index (χ3n) is 2.60. The van der Waals surface area contributed by atoms with Crippen molar-refractivity contribution in [2.75, 3.05) is 4.43 Å². The molecule has 0 amide bonds. The fourth-order valence-corrected chi connectivity index (χ4v) is 2.31. The number of rotatable bonds is 2. The lowest BCUT2D eigenvalue weighted by Gasteiger charge is -2.24. The van der Waals surface area contributed by atoms with Crippen LogP contribution in [0, 0.1) is 11.8 Å². The van der Waals surface area contributed by atoms with Crippen LogP contribution < -0.4 is 0 Å². The van der Waals surface area contributed by atoms with Crippen molar-refractivity contribution in [2.45, 2.75) is 32.6 Å². The molecule has 1 aliphatic rings. The van der Waals surface area contributed by atoms with Crippen LogP contribution in [0.1, 0.15) is 32.6 Å². The molecule has 0 aromatic carbocycles. The molecule has 1 saturated carbocycles. The monoisotopic (exact) mass is 266 g/mol. The minimum Gasteiger partial charge on any atom is -0.299 e. The summed E-state index contributed by atoms with van der Waals surface area (Å²) in [6.07, 6.45) is 4.80. The maximum atomic E-state index is 11.3. The van der Waals surface area contributed by atoms with Gasteiger partial charge >= 0.3 is 0 Å². The molecule has 0 radical (unpaired) electrons. The molecule has 11 heavy (non-hydrogen) atoms. The van der Waals surface area contributed by atoms with E-state index in [1.807, 2.05) is 0 Å². The lowest BCUT2D eigenvalue weighted by Crippen LogP contribution is -2.21. The van der Waals surface area contributed by atoms with Gasteiger partial charge in [0.25, 0.3) is 0 Å². The second-order valence-corrected chi connectivity index (χ2v) is 4.32. The first-order valence-corrected chi connectivity index (χ1v) is 5.85. The average molecular weight is 266 g/mol. The summed E-state index contributed by atoms with van der Waals surface area (Å²) in [6, 6.07) is 0. The largest absolute Gasteiger partial charge is 0.299 e. The highest BCUT2D eigenvalue weighted by Crippen LogP contribution is 2.28. The van der Waals surface area contributed by atoms with E-state index in [1.54, 1.807) is 0 Å². The predicted molar refractivity (Wildman–Crippen MR) is 55.0 cm³/mol. The van der Waals surface area contributed by atoms with Crippen molar-refractivity contribution in [3.8, 4) is 0 Å². The van der Waals surface area contributed by atoms with Crippen LogP contribution in [0.2, 0.25) is 0 Å². The topological polar surface area (TPSA) is 17.1 Å². The molecule has 0 unspecified atom stereocenters. The summed E-state index contributed by atoms with van der Waals surface area (Å²) >= 11 is 2.17. The Morgan fingerprint density at radius 2 is 1.91 bits per heavy atom. The van der Waals surface area contributed by atoms with Gasteiger partial charge in [-0.3, -0.25) is 4.79 Å². The van der Waals surface area contributed by atoms with E-state index < -0.39 is 0 Å². The number of carbonyl (C=O) groups is 1. The number of hydrogen-bond donors (Lipinski definition) is 0. The highest BCUT2D eigenvalue weighted by atomic mass is 127. The number of Topliss-reactive ketones (excluding diaryl/α,β-unsaturated/α-hetero) is 1. The van der Waals surface area contributed by atoms with Gasteiger partial charge in [-0.2, -0.15) is 0 Å². The van der Waals surface area contributed by atoms with Crippen LogP contribution >= 0.6 is 22.6 Å². The lowest BCUT2D eigenvalue weighted by atomic mass is 9.81. The van der Waals surface area contributed by atoms with E-state index in [2.05, 4.69) is 29.5 Å². The minimum absolute atomic E-state index is 0.406. The number of carbonyl (C=O) groups excluding carboxylic acids is 1. The van der Waals surface area contributed by atoms with Crippen molar-refractivity contribution in [3.63, 3.8) is 0 Å². The maximum Gasteiger partial charge on any atom is 0.145 e. The smallest absolute Gasteiger partial charge is 0.145 e. The molecule has 0 saturated heterocycles. The van der Waals surface area contributed by atoms with Gasteiger partial charge < -0.3 is 0 Å². The van der Waals surface area contributed by atoms with Gasteiger partial charge in [-0.05, 0) is 18.8 Å². The first-order valence-electron chi connectivity index (χ1n) is 4.32. The summed E-state index contributed by atoms with van der Waals surface area (Å²) in [6.45, 7) is 2.28.